The van der Waals surface area contributed by atoms with Crippen molar-refractivity contribution in [1.29, 1.82) is 0 Å². The summed E-state index contributed by atoms with van der Waals surface area (Å²) in [6.45, 7) is 0.843. The molecule has 118 valence electrons. The summed E-state index contributed by atoms with van der Waals surface area (Å²) in [5, 5.41) is 2.63. The lowest BCUT2D eigenvalue weighted by Crippen LogP contribution is -2.31. The molecule has 0 unspecified atom stereocenters. The van der Waals surface area contributed by atoms with Gasteiger partial charge in [-0.2, -0.15) is 0 Å². The maximum atomic E-state index is 12.6. The predicted molar refractivity (Wildman–Crippen MR) is 92.7 cm³/mol. The first-order valence-corrected chi connectivity index (χ1v) is 9.49. The molecule has 4 rings (SSSR count). The van der Waals surface area contributed by atoms with Crippen LogP contribution in [0.3, 0.4) is 0 Å². The third kappa shape index (κ3) is 3.01. The average Bonchev–Trinajstić information content (AvgIpc) is 3.31. The zero-order valence-corrected chi connectivity index (χ0v) is 14.1. The summed E-state index contributed by atoms with van der Waals surface area (Å²) in [5.74, 6) is 0.530. The smallest absolute Gasteiger partial charge is 0.257 e. The van der Waals surface area contributed by atoms with Gasteiger partial charge in [0.1, 0.15) is 5.52 Å². The van der Waals surface area contributed by atoms with E-state index in [1.807, 2.05) is 35.2 Å². The average molecular weight is 344 g/mol. The van der Waals surface area contributed by atoms with Crippen LogP contribution in [0.25, 0.3) is 11.1 Å². The monoisotopic (exact) mass is 344 g/mol. The van der Waals surface area contributed by atoms with Crippen molar-refractivity contribution in [2.24, 2.45) is 0 Å². The first-order chi connectivity index (χ1) is 11.3. The van der Waals surface area contributed by atoms with Gasteiger partial charge in [-0.05, 0) is 36.4 Å². The van der Waals surface area contributed by atoms with Crippen molar-refractivity contribution >= 4 is 40.1 Å². The number of rotatable bonds is 4. The van der Waals surface area contributed by atoms with E-state index in [0.717, 1.165) is 30.5 Å². The molecular formula is C17H16N2O2S2. The number of benzene rings is 1. The Morgan fingerprint density at radius 2 is 2.26 bits per heavy atom. The van der Waals surface area contributed by atoms with Gasteiger partial charge < -0.3 is 9.32 Å². The zero-order chi connectivity index (χ0) is 15.6. The minimum Gasteiger partial charge on any atom is -0.431 e. The first kappa shape index (κ1) is 14.8. The summed E-state index contributed by atoms with van der Waals surface area (Å²) < 4.78 is 5.66. The molecule has 0 aliphatic carbocycles. The van der Waals surface area contributed by atoms with E-state index in [1.54, 1.807) is 11.3 Å². The van der Waals surface area contributed by atoms with Gasteiger partial charge in [0.2, 0.25) is 5.91 Å². The van der Waals surface area contributed by atoms with Crippen molar-refractivity contribution in [3.05, 3.63) is 46.7 Å². The lowest BCUT2D eigenvalue weighted by Gasteiger charge is -2.23. The molecule has 0 bridgehead atoms. The zero-order valence-electron chi connectivity index (χ0n) is 12.5. The highest BCUT2D eigenvalue weighted by Crippen LogP contribution is 2.35. The van der Waals surface area contributed by atoms with E-state index < -0.39 is 0 Å². The van der Waals surface area contributed by atoms with Crippen LogP contribution in [0.2, 0.25) is 0 Å². The van der Waals surface area contributed by atoms with Gasteiger partial charge in [-0.1, -0.05) is 30.0 Å². The third-order valence-electron chi connectivity index (χ3n) is 4.04. The molecule has 0 saturated carbocycles. The van der Waals surface area contributed by atoms with Crippen LogP contribution in [0, 0.1) is 0 Å². The summed E-state index contributed by atoms with van der Waals surface area (Å²) in [6, 6.07) is 12.1. The number of oxazole rings is 1. The molecule has 1 atom stereocenters. The molecule has 0 N–H and O–H groups in total. The van der Waals surface area contributed by atoms with Crippen LogP contribution in [-0.2, 0) is 4.79 Å². The number of para-hydroxylation sites is 2. The van der Waals surface area contributed by atoms with E-state index in [9.17, 15) is 4.79 Å². The van der Waals surface area contributed by atoms with Crippen molar-refractivity contribution in [1.82, 2.24) is 9.88 Å². The fourth-order valence-corrected chi connectivity index (χ4v) is 4.56. The Kier molecular flexibility index (Phi) is 4.10. The Balaban J connectivity index is 1.43. The SMILES string of the molecule is O=C(CSc1nc2ccccc2o1)N1CCC[C@H]1c1cccs1. The van der Waals surface area contributed by atoms with Crippen molar-refractivity contribution in [2.75, 3.05) is 12.3 Å². The number of nitrogens with zero attached hydrogens (tertiary/aromatic N) is 2. The number of likely N-dealkylation sites (tertiary alicyclic amines) is 1. The van der Waals surface area contributed by atoms with Crippen LogP contribution in [-0.4, -0.2) is 28.1 Å². The molecule has 0 radical (unpaired) electrons. The second-order valence-corrected chi connectivity index (χ2v) is 7.40. The lowest BCUT2D eigenvalue weighted by atomic mass is 10.2. The molecule has 1 aliphatic rings. The second kappa shape index (κ2) is 6.37. The van der Waals surface area contributed by atoms with Gasteiger partial charge in [-0.15, -0.1) is 11.3 Å². The van der Waals surface area contributed by atoms with E-state index in [-0.39, 0.29) is 11.9 Å². The number of thioether (sulfide) groups is 1. The first-order valence-electron chi connectivity index (χ1n) is 7.62. The van der Waals surface area contributed by atoms with Crippen molar-refractivity contribution in [2.45, 2.75) is 24.1 Å². The lowest BCUT2D eigenvalue weighted by molar-refractivity contribution is -0.129. The van der Waals surface area contributed by atoms with E-state index in [1.165, 1.54) is 16.6 Å². The largest absolute Gasteiger partial charge is 0.431 e. The number of aromatic nitrogens is 1. The maximum Gasteiger partial charge on any atom is 0.257 e. The minimum atomic E-state index is 0.160. The third-order valence-corrected chi connectivity index (χ3v) is 5.82. The van der Waals surface area contributed by atoms with Gasteiger partial charge in [0.15, 0.2) is 5.58 Å². The minimum absolute atomic E-state index is 0.160. The number of thiophene rings is 1. The van der Waals surface area contributed by atoms with Gasteiger partial charge in [0, 0.05) is 11.4 Å². The van der Waals surface area contributed by atoms with Crippen molar-refractivity contribution in [3.63, 3.8) is 0 Å². The van der Waals surface area contributed by atoms with Crippen LogP contribution >= 0.6 is 23.1 Å². The fraction of sp³-hybridized carbons (Fsp3) is 0.294. The quantitative estimate of drug-likeness (QED) is 0.660. The van der Waals surface area contributed by atoms with Crippen LogP contribution in [0.15, 0.2) is 51.4 Å². The van der Waals surface area contributed by atoms with Gasteiger partial charge in [0.25, 0.3) is 5.22 Å². The summed E-state index contributed by atoms with van der Waals surface area (Å²) >= 11 is 3.10. The van der Waals surface area contributed by atoms with Gasteiger partial charge >= 0.3 is 0 Å². The van der Waals surface area contributed by atoms with Crippen molar-refractivity contribution in [3.8, 4) is 0 Å². The molecular weight excluding hydrogens is 328 g/mol. The van der Waals surface area contributed by atoms with Crippen LogP contribution in [0.4, 0.5) is 0 Å². The topological polar surface area (TPSA) is 46.3 Å². The molecule has 2 aromatic heterocycles. The Morgan fingerprint density at radius 3 is 3.09 bits per heavy atom. The van der Waals surface area contributed by atoms with Crippen LogP contribution < -0.4 is 0 Å². The molecule has 1 aliphatic heterocycles. The summed E-state index contributed by atoms with van der Waals surface area (Å²) in [4.78, 5) is 20.3. The summed E-state index contributed by atoms with van der Waals surface area (Å²) in [5.41, 5.74) is 1.60. The highest BCUT2D eigenvalue weighted by molar-refractivity contribution is 7.99. The van der Waals surface area contributed by atoms with E-state index >= 15 is 0 Å². The molecule has 23 heavy (non-hydrogen) atoms. The Labute approximate surface area is 142 Å². The van der Waals surface area contributed by atoms with Gasteiger partial charge in [-0.25, -0.2) is 4.98 Å². The van der Waals surface area contributed by atoms with E-state index in [4.69, 9.17) is 4.42 Å². The number of amides is 1. The van der Waals surface area contributed by atoms with Gasteiger partial charge in [-0.3, -0.25) is 4.79 Å². The fourth-order valence-electron chi connectivity index (χ4n) is 2.96. The number of carbonyl (C=O) groups is 1. The Hall–Kier alpha value is -1.79. The standard InChI is InChI=1S/C17H16N2O2S2/c20-16(19-9-3-6-13(19)15-8-4-10-22-15)11-23-17-18-12-5-1-2-7-14(12)21-17/h1-2,4-5,7-8,10,13H,3,6,9,11H2/t13-/m0/s1. The number of carbonyl (C=O) groups excluding carboxylic acids is 1. The van der Waals surface area contributed by atoms with Crippen molar-refractivity contribution < 1.29 is 9.21 Å². The van der Waals surface area contributed by atoms with Gasteiger partial charge in [0.05, 0.1) is 11.8 Å². The summed E-state index contributed by atoms with van der Waals surface area (Å²) in [6.07, 6.45) is 2.13. The second-order valence-electron chi connectivity index (χ2n) is 5.50. The molecule has 1 saturated heterocycles. The van der Waals surface area contributed by atoms with Crippen LogP contribution in [0.1, 0.15) is 23.8 Å². The molecule has 3 aromatic rings. The highest BCUT2D eigenvalue weighted by Gasteiger charge is 2.30. The number of fused-ring (bicyclic) bond motifs is 1. The molecule has 6 heteroatoms. The number of hydrogen-bond acceptors (Lipinski definition) is 5. The summed E-state index contributed by atoms with van der Waals surface area (Å²) in [7, 11) is 0. The molecule has 4 nitrogen and oxygen atoms in total. The molecule has 1 aromatic carbocycles. The maximum absolute atomic E-state index is 12.6. The number of hydrogen-bond donors (Lipinski definition) is 0. The normalized spacial score (nSPS) is 17.9. The molecule has 0 spiro atoms. The highest BCUT2D eigenvalue weighted by atomic mass is 32.2. The van der Waals surface area contributed by atoms with Crippen LogP contribution in [0.5, 0.6) is 0 Å². The Bertz CT molecular complexity index is 780. The Morgan fingerprint density at radius 1 is 1.35 bits per heavy atom. The van der Waals surface area contributed by atoms with E-state index in [2.05, 4.69) is 16.4 Å². The predicted octanol–water partition coefficient (Wildman–Crippen LogP) is 4.35. The molecule has 1 fully saturated rings. The molecule has 1 amide bonds. The van der Waals surface area contributed by atoms with E-state index in [0.29, 0.717) is 11.0 Å². The molecule has 3 heterocycles.